The number of carbonyl (C=O) groups excluding carboxylic acids is 2. The molecular weight excluding hydrogens is 364 g/mol. The molecule has 0 spiro atoms. The van der Waals surface area contributed by atoms with Crippen LogP contribution in [0.4, 0.5) is 0 Å². The van der Waals surface area contributed by atoms with Crippen LogP contribution in [-0.4, -0.2) is 29.1 Å². The molecule has 3 saturated carbocycles. The summed E-state index contributed by atoms with van der Waals surface area (Å²) in [5.41, 5.74) is 0.661. The average Bonchev–Trinajstić information content (AvgIpc) is 3.00. The summed E-state index contributed by atoms with van der Waals surface area (Å²) in [5.74, 6) is 2.10. The Morgan fingerprint density at radius 1 is 1.17 bits per heavy atom. The molecule has 4 heteroatoms. The summed E-state index contributed by atoms with van der Waals surface area (Å²) >= 11 is 0. The summed E-state index contributed by atoms with van der Waals surface area (Å²) in [6, 6.07) is 0. The summed E-state index contributed by atoms with van der Waals surface area (Å²) in [6.45, 7) is 8.81. The molecule has 4 rings (SSSR count). The number of aliphatic hydroxyl groups is 1. The molecule has 0 unspecified atom stereocenters. The van der Waals surface area contributed by atoms with Crippen molar-refractivity contribution in [3.8, 4) is 0 Å². The first-order valence-corrected chi connectivity index (χ1v) is 11.7. The first kappa shape index (κ1) is 21.1. The van der Waals surface area contributed by atoms with Crippen LogP contribution >= 0.6 is 0 Å². The topological polar surface area (TPSA) is 63.6 Å². The largest absolute Gasteiger partial charge is 0.466 e. The fraction of sp³-hybridized carbons (Fsp3) is 0.840. The molecule has 0 saturated heterocycles. The predicted molar refractivity (Wildman–Crippen MR) is 112 cm³/mol. The van der Waals surface area contributed by atoms with Gasteiger partial charge in [0, 0.05) is 6.42 Å². The molecule has 0 amide bonds. The lowest BCUT2D eigenvalue weighted by molar-refractivity contribution is -0.155. The molecule has 162 valence electrons. The van der Waals surface area contributed by atoms with Gasteiger partial charge in [-0.15, -0.1) is 0 Å². The number of carbonyl (C=O) groups is 2. The molecule has 7 atom stereocenters. The molecule has 4 nitrogen and oxygen atoms in total. The molecule has 0 aromatic heterocycles. The SMILES string of the molecule is CCOC(=O)C[C@@](C)(O)[C@H]1CC[C@H]2[C@@H]3CCC4=CC(=O)CC[C@]4(C)[C@H]3CC[C@@]21C. The first-order chi connectivity index (χ1) is 13.6. The molecule has 0 aromatic carbocycles. The fourth-order valence-corrected chi connectivity index (χ4v) is 8.21. The normalized spacial score (nSPS) is 43.5. The Morgan fingerprint density at radius 2 is 1.93 bits per heavy atom. The molecule has 0 aliphatic heterocycles. The van der Waals surface area contributed by atoms with Gasteiger partial charge in [-0.05, 0) is 99.4 Å². The zero-order chi connectivity index (χ0) is 21.0. The van der Waals surface area contributed by atoms with Gasteiger partial charge < -0.3 is 9.84 Å². The van der Waals surface area contributed by atoms with Gasteiger partial charge >= 0.3 is 5.97 Å². The van der Waals surface area contributed by atoms with Crippen LogP contribution in [0.1, 0.15) is 85.5 Å². The van der Waals surface area contributed by atoms with E-state index in [9.17, 15) is 14.7 Å². The zero-order valence-corrected chi connectivity index (χ0v) is 18.6. The van der Waals surface area contributed by atoms with Gasteiger partial charge in [0.05, 0.1) is 18.6 Å². The molecule has 0 heterocycles. The number of fused-ring (bicyclic) bond motifs is 5. The van der Waals surface area contributed by atoms with E-state index in [0.717, 1.165) is 32.1 Å². The molecule has 0 aromatic rings. The van der Waals surface area contributed by atoms with E-state index in [0.29, 0.717) is 36.6 Å². The number of ketones is 1. The summed E-state index contributed by atoms with van der Waals surface area (Å²) in [5, 5.41) is 11.3. The first-order valence-electron chi connectivity index (χ1n) is 11.7. The Morgan fingerprint density at radius 3 is 2.66 bits per heavy atom. The minimum Gasteiger partial charge on any atom is -0.466 e. The molecular formula is C25H38O4. The minimum absolute atomic E-state index is 0.0826. The number of hydrogen-bond acceptors (Lipinski definition) is 4. The number of allylic oxidation sites excluding steroid dienone is 1. The fourth-order valence-electron chi connectivity index (χ4n) is 8.21. The van der Waals surface area contributed by atoms with Crippen LogP contribution < -0.4 is 0 Å². The lowest BCUT2D eigenvalue weighted by atomic mass is 9.46. The van der Waals surface area contributed by atoms with Crippen LogP contribution in [0, 0.1) is 34.5 Å². The monoisotopic (exact) mass is 402 g/mol. The van der Waals surface area contributed by atoms with Crippen LogP contribution in [0.2, 0.25) is 0 Å². The van der Waals surface area contributed by atoms with Crippen molar-refractivity contribution < 1.29 is 19.4 Å². The van der Waals surface area contributed by atoms with Gasteiger partial charge in [-0.2, -0.15) is 0 Å². The highest BCUT2D eigenvalue weighted by Crippen LogP contribution is 2.68. The van der Waals surface area contributed by atoms with E-state index in [1.165, 1.54) is 18.4 Å². The maximum Gasteiger partial charge on any atom is 0.308 e. The van der Waals surface area contributed by atoms with E-state index in [4.69, 9.17) is 4.74 Å². The Bertz CT molecular complexity index is 722. The second-order valence-electron chi connectivity index (χ2n) is 11.0. The molecule has 3 fully saturated rings. The highest BCUT2D eigenvalue weighted by atomic mass is 16.5. The summed E-state index contributed by atoms with van der Waals surface area (Å²) in [7, 11) is 0. The molecule has 1 N–H and O–H groups in total. The molecule has 0 radical (unpaired) electrons. The number of rotatable bonds is 4. The maximum atomic E-state index is 12.1. The van der Waals surface area contributed by atoms with E-state index < -0.39 is 5.60 Å². The molecule has 29 heavy (non-hydrogen) atoms. The number of esters is 1. The van der Waals surface area contributed by atoms with Gasteiger partial charge in [0.15, 0.2) is 5.78 Å². The number of hydrogen-bond donors (Lipinski definition) is 1. The van der Waals surface area contributed by atoms with Crippen LogP contribution in [0.25, 0.3) is 0 Å². The van der Waals surface area contributed by atoms with Gasteiger partial charge in [-0.25, -0.2) is 0 Å². The maximum absolute atomic E-state index is 12.1. The predicted octanol–water partition coefficient (Wildman–Crippen LogP) is 4.84. The summed E-state index contributed by atoms with van der Waals surface area (Å²) in [4.78, 5) is 24.1. The third kappa shape index (κ3) is 3.30. The van der Waals surface area contributed by atoms with Gasteiger partial charge in [0.1, 0.15) is 0 Å². The van der Waals surface area contributed by atoms with E-state index >= 15 is 0 Å². The highest BCUT2D eigenvalue weighted by Gasteiger charge is 2.61. The van der Waals surface area contributed by atoms with Crippen LogP contribution in [0.5, 0.6) is 0 Å². The van der Waals surface area contributed by atoms with E-state index in [-0.39, 0.29) is 29.1 Å². The van der Waals surface area contributed by atoms with Crippen molar-refractivity contribution in [2.75, 3.05) is 6.61 Å². The second-order valence-corrected chi connectivity index (χ2v) is 11.0. The smallest absolute Gasteiger partial charge is 0.308 e. The van der Waals surface area contributed by atoms with Crippen LogP contribution in [0.15, 0.2) is 11.6 Å². The third-order valence-corrected chi connectivity index (χ3v) is 9.52. The van der Waals surface area contributed by atoms with Crippen molar-refractivity contribution in [1.29, 1.82) is 0 Å². The molecule has 0 bridgehead atoms. The van der Waals surface area contributed by atoms with E-state index in [1.54, 1.807) is 0 Å². The van der Waals surface area contributed by atoms with Crippen molar-refractivity contribution in [1.82, 2.24) is 0 Å². The Labute approximate surface area is 175 Å². The molecule has 4 aliphatic rings. The Kier molecular flexibility index (Phi) is 5.25. The second kappa shape index (κ2) is 7.21. The van der Waals surface area contributed by atoms with Gasteiger partial charge in [0.2, 0.25) is 0 Å². The standard InChI is InChI=1S/C25H38O4/c1-5-29-22(27)15-25(4,28)21-9-8-19-18-7-6-16-14-17(26)10-12-23(16,2)20(18)11-13-24(19,21)3/h14,18-21,28H,5-13,15H2,1-4H3/t18-,19-,20-,21-,23-,24-,25+/m0/s1. The van der Waals surface area contributed by atoms with E-state index in [1.807, 2.05) is 19.9 Å². The van der Waals surface area contributed by atoms with Crippen molar-refractivity contribution in [3.63, 3.8) is 0 Å². The summed E-state index contributed by atoms with van der Waals surface area (Å²) < 4.78 is 5.14. The lowest BCUT2D eigenvalue weighted by Gasteiger charge is -2.59. The van der Waals surface area contributed by atoms with Crippen molar-refractivity contribution in [2.45, 2.75) is 91.1 Å². The molecule has 4 aliphatic carbocycles. The van der Waals surface area contributed by atoms with Crippen LogP contribution in [0.3, 0.4) is 0 Å². The number of ether oxygens (including phenoxy) is 1. The lowest BCUT2D eigenvalue weighted by Crippen LogP contribution is -2.53. The minimum atomic E-state index is -1.01. The highest BCUT2D eigenvalue weighted by molar-refractivity contribution is 5.91. The quantitative estimate of drug-likeness (QED) is 0.684. The van der Waals surface area contributed by atoms with Crippen molar-refractivity contribution >= 4 is 11.8 Å². The average molecular weight is 403 g/mol. The Hall–Kier alpha value is -1.16. The third-order valence-electron chi connectivity index (χ3n) is 9.52. The van der Waals surface area contributed by atoms with Crippen LogP contribution in [-0.2, 0) is 14.3 Å². The van der Waals surface area contributed by atoms with Gasteiger partial charge in [-0.3, -0.25) is 9.59 Å². The van der Waals surface area contributed by atoms with E-state index in [2.05, 4.69) is 13.8 Å². The van der Waals surface area contributed by atoms with Gasteiger partial charge in [0.25, 0.3) is 0 Å². The van der Waals surface area contributed by atoms with Crippen molar-refractivity contribution in [3.05, 3.63) is 11.6 Å². The Balaban J connectivity index is 1.57. The van der Waals surface area contributed by atoms with Crippen molar-refractivity contribution in [2.24, 2.45) is 34.5 Å². The summed E-state index contributed by atoms with van der Waals surface area (Å²) in [6.07, 6.45) is 10.4. The zero-order valence-electron chi connectivity index (χ0n) is 18.6. The van der Waals surface area contributed by atoms with Gasteiger partial charge in [-0.1, -0.05) is 19.4 Å².